The Morgan fingerprint density at radius 2 is 2.08 bits per heavy atom. The second kappa shape index (κ2) is 5.67. The predicted molar refractivity (Wildman–Crippen MR) is 52.2 cm³/mol. The molecule has 13 heavy (non-hydrogen) atoms. The second-order valence-corrected chi connectivity index (χ2v) is 3.18. The summed E-state index contributed by atoms with van der Waals surface area (Å²) in [5.41, 5.74) is 6.73. The maximum Gasteiger partial charge on any atom is 0.0471 e. The van der Waals surface area contributed by atoms with Crippen molar-refractivity contribution in [3.63, 3.8) is 0 Å². The van der Waals surface area contributed by atoms with Gasteiger partial charge in [0.2, 0.25) is 0 Å². The molecule has 0 aliphatic rings. The van der Waals surface area contributed by atoms with E-state index in [0.717, 1.165) is 12.8 Å². The molecule has 3 N–H and O–H groups in total. The van der Waals surface area contributed by atoms with Crippen LogP contribution in [0.2, 0.25) is 0 Å². The Hall–Kier alpha value is -0.930. The summed E-state index contributed by atoms with van der Waals surface area (Å²) in [6.07, 6.45) is 5.47. The van der Waals surface area contributed by atoms with Crippen molar-refractivity contribution in [1.29, 1.82) is 0 Å². The molecular formula is C10H16N2O. The van der Waals surface area contributed by atoms with Crippen molar-refractivity contribution in [3.8, 4) is 0 Å². The molecule has 3 heteroatoms. The van der Waals surface area contributed by atoms with E-state index in [4.69, 9.17) is 10.8 Å². The van der Waals surface area contributed by atoms with E-state index in [1.54, 1.807) is 12.4 Å². The SMILES string of the molecule is NCC(CO)CCc1ccncc1. The van der Waals surface area contributed by atoms with E-state index in [1.807, 2.05) is 12.1 Å². The zero-order chi connectivity index (χ0) is 9.52. The molecule has 0 aliphatic heterocycles. The average molecular weight is 180 g/mol. The first kappa shape index (κ1) is 10.2. The molecule has 0 saturated carbocycles. The first-order chi connectivity index (χ1) is 6.36. The molecule has 0 aromatic carbocycles. The van der Waals surface area contributed by atoms with Crippen LogP contribution in [0, 0.1) is 5.92 Å². The van der Waals surface area contributed by atoms with Crippen LogP contribution in [0.4, 0.5) is 0 Å². The van der Waals surface area contributed by atoms with Crippen LogP contribution >= 0.6 is 0 Å². The second-order valence-electron chi connectivity index (χ2n) is 3.18. The molecule has 1 unspecified atom stereocenters. The molecule has 72 valence electrons. The van der Waals surface area contributed by atoms with E-state index in [1.165, 1.54) is 5.56 Å². The van der Waals surface area contributed by atoms with Gasteiger partial charge in [0.05, 0.1) is 0 Å². The van der Waals surface area contributed by atoms with Crippen molar-refractivity contribution < 1.29 is 5.11 Å². The van der Waals surface area contributed by atoms with Crippen molar-refractivity contribution in [2.24, 2.45) is 11.7 Å². The molecule has 0 amide bonds. The summed E-state index contributed by atoms with van der Waals surface area (Å²) in [7, 11) is 0. The fourth-order valence-electron chi connectivity index (χ4n) is 1.20. The van der Waals surface area contributed by atoms with Crippen LogP contribution in [0.25, 0.3) is 0 Å². The molecule has 0 spiro atoms. The lowest BCUT2D eigenvalue weighted by Gasteiger charge is -2.10. The van der Waals surface area contributed by atoms with Crippen LogP contribution in [0.5, 0.6) is 0 Å². The number of rotatable bonds is 5. The minimum atomic E-state index is 0.182. The van der Waals surface area contributed by atoms with Gasteiger partial charge in [0.1, 0.15) is 0 Å². The first-order valence-electron chi connectivity index (χ1n) is 4.56. The number of aryl methyl sites for hydroxylation is 1. The summed E-state index contributed by atoms with van der Waals surface area (Å²) in [5.74, 6) is 0.230. The third-order valence-electron chi connectivity index (χ3n) is 2.18. The lowest BCUT2D eigenvalue weighted by atomic mass is 10.0. The Bertz CT molecular complexity index is 222. The van der Waals surface area contributed by atoms with Gasteiger partial charge < -0.3 is 10.8 Å². The zero-order valence-corrected chi connectivity index (χ0v) is 7.69. The summed E-state index contributed by atoms with van der Waals surface area (Å²) in [6, 6.07) is 3.98. The average Bonchev–Trinajstić information content (AvgIpc) is 2.21. The number of hydrogen-bond donors (Lipinski definition) is 2. The van der Waals surface area contributed by atoms with Crippen LogP contribution in [0.1, 0.15) is 12.0 Å². The number of nitrogens with two attached hydrogens (primary N) is 1. The van der Waals surface area contributed by atoms with Gasteiger partial charge in [0, 0.05) is 19.0 Å². The Kier molecular flexibility index (Phi) is 4.43. The van der Waals surface area contributed by atoms with Crippen molar-refractivity contribution >= 4 is 0 Å². The van der Waals surface area contributed by atoms with Gasteiger partial charge in [-0.1, -0.05) is 0 Å². The summed E-state index contributed by atoms with van der Waals surface area (Å²) >= 11 is 0. The maximum absolute atomic E-state index is 8.91. The van der Waals surface area contributed by atoms with E-state index in [-0.39, 0.29) is 12.5 Å². The van der Waals surface area contributed by atoms with Crippen LogP contribution in [-0.2, 0) is 6.42 Å². The Balaban J connectivity index is 2.34. The van der Waals surface area contributed by atoms with Crippen molar-refractivity contribution in [3.05, 3.63) is 30.1 Å². The number of aromatic nitrogens is 1. The monoisotopic (exact) mass is 180 g/mol. The fourth-order valence-corrected chi connectivity index (χ4v) is 1.20. The van der Waals surface area contributed by atoms with Gasteiger partial charge in [-0.05, 0) is 43.0 Å². The Labute approximate surface area is 78.6 Å². The van der Waals surface area contributed by atoms with Crippen LogP contribution < -0.4 is 5.73 Å². The largest absolute Gasteiger partial charge is 0.396 e. The molecule has 0 fully saturated rings. The standard InChI is InChI=1S/C10H16N2O/c11-7-10(8-13)2-1-9-3-5-12-6-4-9/h3-6,10,13H,1-2,7-8,11H2. The Morgan fingerprint density at radius 3 is 2.62 bits per heavy atom. The van der Waals surface area contributed by atoms with Gasteiger partial charge in [-0.25, -0.2) is 0 Å². The van der Waals surface area contributed by atoms with Crippen LogP contribution in [0.15, 0.2) is 24.5 Å². The van der Waals surface area contributed by atoms with Crippen LogP contribution in [-0.4, -0.2) is 23.2 Å². The molecule has 1 heterocycles. The Morgan fingerprint density at radius 1 is 1.38 bits per heavy atom. The third kappa shape index (κ3) is 3.53. The summed E-state index contributed by atoms with van der Waals surface area (Å²) in [5, 5.41) is 8.91. The summed E-state index contributed by atoms with van der Waals surface area (Å²) in [4.78, 5) is 3.94. The predicted octanol–water partition coefficient (Wildman–Crippen LogP) is 0.581. The van der Waals surface area contributed by atoms with Crippen LogP contribution in [0.3, 0.4) is 0 Å². The van der Waals surface area contributed by atoms with Gasteiger partial charge in [0.15, 0.2) is 0 Å². The van der Waals surface area contributed by atoms with Crippen molar-refractivity contribution in [1.82, 2.24) is 4.98 Å². The first-order valence-corrected chi connectivity index (χ1v) is 4.56. The van der Waals surface area contributed by atoms with Gasteiger partial charge in [0.25, 0.3) is 0 Å². The quantitative estimate of drug-likeness (QED) is 0.697. The fraction of sp³-hybridized carbons (Fsp3) is 0.500. The number of nitrogens with zero attached hydrogens (tertiary/aromatic N) is 1. The summed E-state index contributed by atoms with van der Waals surface area (Å²) in [6.45, 7) is 0.739. The van der Waals surface area contributed by atoms with E-state index in [9.17, 15) is 0 Å². The molecule has 0 radical (unpaired) electrons. The van der Waals surface area contributed by atoms with E-state index in [0.29, 0.717) is 6.54 Å². The smallest absolute Gasteiger partial charge is 0.0471 e. The minimum Gasteiger partial charge on any atom is -0.396 e. The van der Waals surface area contributed by atoms with Crippen molar-refractivity contribution in [2.75, 3.05) is 13.2 Å². The lowest BCUT2D eigenvalue weighted by molar-refractivity contribution is 0.223. The lowest BCUT2D eigenvalue weighted by Crippen LogP contribution is -2.18. The number of aliphatic hydroxyl groups is 1. The van der Waals surface area contributed by atoms with E-state index >= 15 is 0 Å². The molecule has 0 bridgehead atoms. The van der Waals surface area contributed by atoms with Gasteiger partial charge in [-0.3, -0.25) is 4.98 Å². The van der Waals surface area contributed by atoms with Crippen molar-refractivity contribution in [2.45, 2.75) is 12.8 Å². The highest BCUT2D eigenvalue weighted by Gasteiger charge is 2.04. The molecule has 3 nitrogen and oxygen atoms in total. The normalized spacial score (nSPS) is 12.8. The minimum absolute atomic E-state index is 0.182. The highest BCUT2D eigenvalue weighted by Crippen LogP contribution is 2.07. The van der Waals surface area contributed by atoms with Gasteiger partial charge in [-0.2, -0.15) is 0 Å². The van der Waals surface area contributed by atoms with E-state index in [2.05, 4.69) is 4.98 Å². The topological polar surface area (TPSA) is 59.1 Å². The number of pyridine rings is 1. The summed E-state index contributed by atoms with van der Waals surface area (Å²) < 4.78 is 0. The molecule has 1 aromatic rings. The number of aliphatic hydroxyl groups excluding tert-OH is 1. The maximum atomic E-state index is 8.91. The third-order valence-corrected chi connectivity index (χ3v) is 2.18. The van der Waals surface area contributed by atoms with Gasteiger partial charge in [-0.15, -0.1) is 0 Å². The zero-order valence-electron chi connectivity index (χ0n) is 7.69. The molecule has 1 aromatic heterocycles. The molecule has 1 atom stereocenters. The number of hydrogen-bond acceptors (Lipinski definition) is 3. The molecule has 1 rings (SSSR count). The van der Waals surface area contributed by atoms with E-state index < -0.39 is 0 Å². The van der Waals surface area contributed by atoms with Gasteiger partial charge >= 0.3 is 0 Å². The highest BCUT2D eigenvalue weighted by atomic mass is 16.3. The molecule has 0 saturated heterocycles. The molecular weight excluding hydrogens is 164 g/mol. The highest BCUT2D eigenvalue weighted by molar-refractivity contribution is 5.09. The molecule has 0 aliphatic carbocycles.